The lowest BCUT2D eigenvalue weighted by Gasteiger charge is -2.23. The van der Waals surface area contributed by atoms with Crippen molar-refractivity contribution in [2.75, 3.05) is 18.6 Å². The molecular formula is C12H18N2O2S. The predicted molar refractivity (Wildman–Crippen MR) is 68.7 cm³/mol. The summed E-state index contributed by atoms with van der Waals surface area (Å²) in [7, 11) is 1.40. The quantitative estimate of drug-likeness (QED) is 0.757. The van der Waals surface area contributed by atoms with E-state index in [0.29, 0.717) is 16.8 Å². The molecular weight excluding hydrogens is 236 g/mol. The lowest BCUT2D eigenvalue weighted by Crippen LogP contribution is -2.29. The number of ether oxygens (including phenoxy) is 1. The van der Waals surface area contributed by atoms with E-state index < -0.39 is 0 Å². The molecule has 1 aliphatic rings. The third kappa shape index (κ3) is 2.97. The lowest BCUT2D eigenvalue weighted by atomic mass is 10.2. The SMILES string of the molecule is COC(=O)c1cnc(N(CC(C)C)C2CC2)s1. The largest absolute Gasteiger partial charge is 0.465 e. The molecule has 17 heavy (non-hydrogen) atoms. The first-order valence-electron chi connectivity index (χ1n) is 5.92. The van der Waals surface area contributed by atoms with Gasteiger partial charge in [0.2, 0.25) is 0 Å². The van der Waals surface area contributed by atoms with Gasteiger partial charge in [0.1, 0.15) is 4.88 Å². The van der Waals surface area contributed by atoms with Gasteiger partial charge in [-0.1, -0.05) is 25.2 Å². The molecule has 0 aromatic carbocycles. The zero-order valence-corrected chi connectivity index (χ0v) is 11.3. The highest BCUT2D eigenvalue weighted by molar-refractivity contribution is 7.17. The summed E-state index contributed by atoms with van der Waals surface area (Å²) in [4.78, 5) is 18.6. The van der Waals surface area contributed by atoms with E-state index in [9.17, 15) is 4.79 Å². The van der Waals surface area contributed by atoms with E-state index in [2.05, 4.69) is 23.7 Å². The van der Waals surface area contributed by atoms with Gasteiger partial charge in [-0.2, -0.15) is 0 Å². The average Bonchev–Trinajstić information content (AvgIpc) is 3.02. The topological polar surface area (TPSA) is 42.4 Å². The second kappa shape index (κ2) is 5.04. The van der Waals surface area contributed by atoms with Gasteiger partial charge in [0.15, 0.2) is 5.13 Å². The van der Waals surface area contributed by atoms with Crippen molar-refractivity contribution in [2.24, 2.45) is 5.92 Å². The summed E-state index contributed by atoms with van der Waals surface area (Å²) in [6, 6.07) is 0.619. The monoisotopic (exact) mass is 254 g/mol. The zero-order valence-electron chi connectivity index (χ0n) is 10.5. The molecule has 0 N–H and O–H groups in total. The molecule has 1 aromatic heterocycles. The first-order valence-corrected chi connectivity index (χ1v) is 6.74. The number of rotatable bonds is 5. The van der Waals surface area contributed by atoms with Crippen LogP contribution >= 0.6 is 11.3 Å². The number of carbonyl (C=O) groups is 1. The molecule has 0 amide bonds. The second-order valence-electron chi connectivity index (χ2n) is 4.78. The molecule has 94 valence electrons. The molecule has 0 radical (unpaired) electrons. The highest BCUT2D eigenvalue weighted by Gasteiger charge is 2.31. The van der Waals surface area contributed by atoms with Crippen LogP contribution < -0.4 is 4.90 Å². The van der Waals surface area contributed by atoms with Gasteiger partial charge < -0.3 is 9.64 Å². The summed E-state index contributed by atoms with van der Waals surface area (Å²) in [6.45, 7) is 5.40. The van der Waals surface area contributed by atoms with E-state index in [-0.39, 0.29) is 5.97 Å². The van der Waals surface area contributed by atoms with Crippen LogP contribution in [0.5, 0.6) is 0 Å². The normalized spacial score (nSPS) is 15.1. The first-order chi connectivity index (χ1) is 8.11. The maximum absolute atomic E-state index is 11.4. The summed E-state index contributed by atoms with van der Waals surface area (Å²) in [5, 5.41) is 0.946. The number of hydrogen-bond donors (Lipinski definition) is 0. The van der Waals surface area contributed by atoms with Crippen LogP contribution in [-0.2, 0) is 4.74 Å². The van der Waals surface area contributed by atoms with Crippen LogP contribution in [0.4, 0.5) is 5.13 Å². The smallest absolute Gasteiger partial charge is 0.349 e. The molecule has 1 aliphatic carbocycles. The summed E-state index contributed by atoms with van der Waals surface area (Å²) < 4.78 is 4.70. The Bertz CT molecular complexity index is 399. The Morgan fingerprint density at radius 2 is 2.35 bits per heavy atom. The number of aromatic nitrogens is 1. The highest BCUT2D eigenvalue weighted by Crippen LogP contribution is 2.34. The minimum Gasteiger partial charge on any atom is -0.465 e. The van der Waals surface area contributed by atoms with Gasteiger partial charge in [0.05, 0.1) is 13.3 Å². The molecule has 0 spiro atoms. The standard InChI is InChI=1S/C12H18N2O2S/c1-8(2)7-14(9-4-5-9)12-13-6-10(17-12)11(15)16-3/h6,8-9H,4-5,7H2,1-3H3. The molecule has 0 bridgehead atoms. The van der Waals surface area contributed by atoms with Gasteiger partial charge in [0, 0.05) is 12.6 Å². The van der Waals surface area contributed by atoms with Gasteiger partial charge in [-0.15, -0.1) is 0 Å². The Morgan fingerprint density at radius 3 is 2.88 bits per heavy atom. The molecule has 5 heteroatoms. The van der Waals surface area contributed by atoms with Gasteiger partial charge in [-0.3, -0.25) is 0 Å². The van der Waals surface area contributed by atoms with Crippen molar-refractivity contribution < 1.29 is 9.53 Å². The van der Waals surface area contributed by atoms with Crippen molar-refractivity contribution in [1.29, 1.82) is 0 Å². The van der Waals surface area contributed by atoms with Crippen molar-refractivity contribution >= 4 is 22.4 Å². The van der Waals surface area contributed by atoms with Crippen molar-refractivity contribution in [3.05, 3.63) is 11.1 Å². The fourth-order valence-corrected chi connectivity index (χ4v) is 2.67. The molecule has 1 saturated carbocycles. The van der Waals surface area contributed by atoms with Crippen molar-refractivity contribution in [1.82, 2.24) is 4.98 Å². The molecule has 0 atom stereocenters. The van der Waals surface area contributed by atoms with E-state index in [0.717, 1.165) is 11.7 Å². The number of methoxy groups -OCH3 is 1. The van der Waals surface area contributed by atoms with Crippen LogP contribution in [0.25, 0.3) is 0 Å². The van der Waals surface area contributed by atoms with E-state index in [1.165, 1.54) is 31.3 Å². The molecule has 2 rings (SSSR count). The number of esters is 1. The molecule has 0 saturated heterocycles. The lowest BCUT2D eigenvalue weighted by molar-refractivity contribution is 0.0606. The maximum atomic E-state index is 11.4. The number of anilines is 1. The predicted octanol–water partition coefficient (Wildman–Crippen LogP) is 2.55. The first kappa shape index (κ1) is 12.4. The Hall–Kier alpha value is -1.10. The Labute approximate surface area is 106 Å². The summed E-state index contributed by atoms with van der Waals surface area (Å²) >= 11 is 1.42. The minimum atomic E-state index is -0.297. The second-order valence-corrected chi connectivity index (χ2v) is 5.79. The number of hydrogen-bond acceptors (Lipinski definition) is 5. The van der Waals surface area contributed by atoms with Gasteiger partial charge >= 0.3 is 5.97 Å². The molecule has 1 heterocycles. The van der Waals surface area contributed by atoms with E-state index in [4.69, 9.17) is 4.74 Å². The number of carbonyl (C=O) groups excluding carboxylic acids is 1. The van der Waals surface area contributed by atoms with Crippen molar-refractivity contribution in [2.45, 2.75) is 32.7 Å². The Kier molecular flexibility index (Phi) is 3.66. The van der Waals surface area contributed by atoms with Crippen LogP contribution in [0.15, 0.2) is 6.20 Å². The zero-order chi connectivity index (χ0) is 12.4. The third-order valence-corrected chi connectivity index (χ3v) is 3.69. The fraction of sp³-hybridized carbons (Fsp3) is 0.667. The summed E-state index contributed by atoms with van der Waals surface area (Å²) in [6.07, 6.45) is 4.08. The van der Waals surface area contributed by atoms with Crippen LogP contribution in [0.3, 0.4) is 0 Å². The Morgan fingerprint density at radius 1 is 1.65 bits per heavy atom. The fourth-order valence-electron chi connectivity index (χ4n) is 1.76. The minimum absolute atomic E-state index is 0.297. The van der Waals surface area contributed by atoms with Crippen LogP contribution in [-0.4, -0.2) is 30.6 Å². The van der Waals surface area contributed by atoms with Gasteiger partial charge in [-0.25, -0.2) is 9.78 Å². The molecule has 4 nitrogen and oxygen atoms in total. The van der Waals surface area contributed by atoms with Gasteiger partial charge in [-0.05, 0) is 18.8 Å². The third-order valence-electron chi connectivity index (χ3n) is 2.68. The van der Waals surface area contributed by atoms with E-state index >= 15 is 0 Å². The van der Waals surface area contributed by atoms with Gasteiger partial charge in [0.25, 0.3) is 0 Å². The molecule has 0 aliphatic heterocycles. The number of nitrogens with zero attached hydrogens (tertiary/aromatic N) is 2. The maximum Gasteiger partial charge on any atom is 0.349 e. The van der Waals surface area contributed by atoms with Crippen LogP contribution in [0, 0.1) is 5.92 Å². The summed E-state index contributed by atoms with van der Waals surface area (Å²) in [5.41, 5.74) is 0. The summed E-state index contributed by atoms with van der Waals surface area (Å²) in [5.74, 6) is 0.301. The van der Waals surface area contributed by atoms with Crippen molar-refractivity contribution in [3.63, 3.8) is 0 Å². The van der Waals surface area contributed by atoms with E-state index in [1.807, 2.05) is 0 Å². The highest BCUT2D eigenvalue weighted by atomic mass is 32.1. The molecule has 1 aromatic rings. The molecule has 0 unspecified atom stereocenters. The van der Waals surface area contributed by atoms with Crippen LogP contribution in [0.2, 0.25) is 0 Å². The number of thiazole rings is 1. The Balaban J connectivity index is 2.12. The van der Waals surface area contributed by atoms with E-state index in [1.54, 1.807) is 6.20 Å². The molecule has 1 fully saturated rings. The van der Waals surface area contributed by atoms with Crippen molar-refractivity contribution in [3.8, 4) is 0 Å². The average molecular weight is 254 g/mol. The van der Waals surface area contributed by atoms with Crippen LogP contribution in [0.1, 0.15) is 36.4 Å².